The van der Waals surface area contributed by atoms with Gasteiger partial charge in [0.25, 0.3) is 0 Å². The van der Waals surface area contributed by atoms with Crippen LogP contribution < -0.4 is 4.90 Å². The maximum Gasteiger partial charge on any atom is 0.239 e. The maximum atomic E-state index is 13.0. The number of para-hydroxylation sites is 2. The zero-order valence-electron chi connectivity index (χ0n) is 22.7. The Bertz CT molecular complexity index is 1530. The number of rotatable bonds is 5. The molecule has 1 atom stereocenters. The lowest BCUT2D eigenvalue weighted by atomic mass is 10.1. The molecular formula is C28H35N9O2. The Hall–Kier alpha value is -3.57. The maximum absolute atomic E-state index is 13.0. The highest BCUT2D eigenvalue weighted by molar-refractivity contribution is 5.86. The second kappa shape index (κ2) is 9.87. The van der Waals surface area contributed by atoms with Crippen LogP contribution >= 0.6 is 0 Å². The van der Waals surface area contributed by atoms with Crippen molar-refractivity contribution >= 4 is 33.9 Å². The molecule has 0 saturated carbocycles. The largest absolute Gasteiger partial charge is 0.378 e. The number of carbonyl (C=O) groups excluding carboxylic acids is 1. The van der Waals surface area contributed by atoms with Crippen LogP contribution in [0.25, 0.3) is 28.1 Å². The third-order valence-electron chi connectivity index (χ3n) is 8.42. The van der Waals surface area contributed by atoms with Gasteiger partial charge < -0.3 is 19.1 Å². The van der Waals surface area contributed by atoms with Crippen LogP contribution in [0.5, 0.6) is 0 Å². The number of hydrogen-bond acceptors (Lipinski definition) is 8. The fraction of sp³-hybridized carbons (Fsp3) is 0.536. The molecule has 6 heterocycles. The van der Waals surface area contributed by atoms with E-state index in [0.717, 1.165) is 98.2 Å². The van der Waals surface area contributed by atoms with E-state index >= 15 is 0 Å². The molecule has 4 aromatic rings. The predicted octanol–water partition coefficient (Wildman–Crippen LogP) is 2.29. The van der Waals surface area contributed by atoms with E-state index < -0.39 is 0 Å². The minimum Gasteiger partial charge on any atom is -0.378 e. The summed E-state index contributed by atoms with van der Waals surface area (Å²) in [5.74, 6) is 3.63. The van der Waals surface area contributed by atoms with Crippen molar-refractivity contribution in [1.29, 1.82) is 0 Å². The first-order valence-electron chi connectivity index (χ1n) is 14.1. The van der Waals surface area contributed by atoms with Gasteiger partial charge in [-0.3, -0.25) is 14.3 Å². The smallest absolute Gasteiger partial charge is 0.239 e. The van der Waals surface area contributed by atoms with Gasteiger partial charge in [-0.2, -0.15) is 9.97 Å². The van der Waals surface area contributed by atoms with Gasteiger partial charge in [-0.15, -0.1) is 0 Å². The zero-order chi connectivity index (χ0) is 26.5. The van der Waals surface area contributed by atoms with E-state index in [1.807, 2.05) is 36.7 Å². The number of ether oxygens (including phenoxy) is 1. The molecular weight excluding hydrogens is 494 g/mol. The summed E-state index contributed by atoms with van der Waals surface area (Å²) in [6, 6.07) is 8.08. The van der Waals surface area contributed by atoms with Crippen LogP contribution in [0, 0.1) is 12.8 Å². The van der Waals surface area contributed by atoms with Crippen molar-refractivity contribution in [2.24, 2.45) is 13.0 Å². The zero-order valence-corrected chi connectivity index (χ0v) is 22.7. The Labute approximate surface area is 227 Å². The number of imidazole rings is 2. The molecule has 7 rings (SSSR count). The number of benzene rings is 1. The van der Waals surface area contributed by atoms with Crippen LogP contribution in [0.4, 0.5) is 5.82 Å². The monoisotopic (exact) mass is 529 g/mol. The lowest BCUT2D eigenvalue weighted by molar-refractivity contribution is -0.134. The topological polar surface area (TPSA) is 97.4 Å². The fourth-order valence-corrected chi connectivity index (χ4v) is 6.29. The molecule has 39 heavy (non-hydrogen) atoms. The molecule has 0 N–H and O–H groups in total. The van der Waals surface area contributed by atoms with Crippen LogP contribution in [0.2, 0.25) is 0 Å². The van der Waals surface area contributed by atoms with Crippen molar-refractivity contribution < 1.29 is 9.53 Å². The number of morpholine rings is 1. The quantitative estimate of drug-likeness (QED) is 0.389. The van der Waals surface area contributed by atoms with Gasteiger partial charge >= 0.3 is 0 Å². The van der Waals surface area contributed by atoms with E-state index in [1.165, 1.54) is 0 Å². The summed E-state index contributed by atoms with van der Waals surface area (Å²) in [5, 5.41) is 0. The van der Waals surface area contributed by atoms with E-state index in [1.54, 1.807) is 0 Å². The van der Waals surface area contributed by atoms with Gasteiger partial charge in [0.2, 0.25) is 11.9 Å². The summed E-state index contributed by atoms with van der Waals surface area (Å²) in [6.07, 6.45) is 3.17. The van der Waals surface area contributed by atoms with Crippen molar-refractivity contribution in [3.8, 4) is 5.95 Å². The van der Waals surface area contributed by atoms with Crippen molar-refractivity contribution in [3.05, 3.63) is 35.9 Å². The summed E-state index contributed by atoms with van der Waals surface area (Å²) in [6.45, 7) is 9.02. The molecule has 3 aliphatic heterocycles. The minimum absolute atomic E-state index is 0.0885. The third-order valence-corrected chi connectivity index (χ3v) is 8.42. The van der Waals surface area contributed by atoms with Crippen molar-refractivity contribution in [3.63, 3.8) is 0 Å². The molecule has 1 aromatic carbocycles. The van der Waals surface area contributed by atoms with E-state index in [9.17, 15) is 4.79 Å². The van der Waals surface area contributed by atoms with Gasteiger partial charge in [-0.1, -0.05) is 12.1 Å². The Kier molecular flexibility index (Phi) is 6.19. The van der Waals surface area contributed by atoms with Crippen LogP contribution in [-0.4, -0.2) is 97.3 Å². The molecule has 1 amide bonds. The molecule has 1 unspecified atom stereocenters. The molecule has 3 aromatic heterocycles. The van der Waals surface area contributed by atoms with Crippen molar-refractivity contribution in [2.75, 3.05) is 57.4 Å². The average molecular weight is 530 g/mol. The van der Waals surface area contributed by atoms with Crippen LogP contribution in [0.1, 0.15) is 30.9 Å². The van der Waals surface area contributed by atoms with E-state index in [-0.39, 0.29) is 5.92 Å². The third kappa shape index (κ3) is 4.33. The second-order valence-electron chi connectivity index (χ2n) is 10.9. The predicted molar refractivity (Wildman–Crippen MR) is 148 cm³/mol. The first-order chi connectivity index (χ1) is 19.1. The number of likely N-dealkylation sites (tertiary alicyclic amines) is 2. The lowest BCUT2D eigenvalue weighted by Crippen LogP contribution is -2.37. The molecule has 0 aliphatic carbocycles. The minimum atomic E-state index is 0.0885. The van der Waals surface area contributed by atoms with Gasteiger partial charge in [0.05, 0.1) is 36.7 Å². The number of amides is 1. The normalized spacial score (nSPS) is 20.6. The second-order valence-corrected chi connectivity index (χ2v) is 10.9. The number of aryl methyl sites for hydroxylation is 2. The number of hydrogen-bond donors (Lipinski definition) is 0. The van der Waals surface area contributed by atoms with Crippen LogP contribution in [-0.2, 0) is 23.1 Å². The van der Waals surface area contributed by atoms with E-state index in [0.29, 0.717) is 31.6 Å². The summed E-state index contributed by atoms with van der Waals surface area (Å²) in [5.41, 5.74) is 3.52. The number of carbonyl (C=O) groups is 1. The highest BCUT2D eigenvalue weighted by Gasteiger charge is 2.33. The molecule has 0 radical (unpaired) electrons. The number of aromatic nitrogens is 6. The highest BCUT2D eigenvalue weighted by Crippen LogP contribution is 2.29. The Balaban J connectivity index is 1.25. The standard InChI is InChI=1S/C28H35N9O2/c1-19-29-21-7-3-4-8-22(21)37(19)28-31-25-24(26(32-28)35-13-15-39-16-14-35)30-23(33(25)2)18-34-12-9-20(17-34)27(38)36-10-5-6-11-36/h3-4,7-8,20H,5-6,9-18H2,1-2H3. The number of fused-ring (bicyclic) bond motifs is 2. The van der Waals surface area contributed by atoms with E-state index in [4.69, 9.17) is 24.7 Å². The van der Waals surface area contributed by atoms with Gasteiger partial charge in [0, 0.05) is 39.8 Å². The van der Waals surface area contributed by atoms with E-state index in [2.05, 4.69) is 25.3 Å². The molecule has 204 valence electrons. The van der Waals surface area contributed by atoms with Crippen molar-refractivity contribution in [2.45, 2.75) is 32.7 Å². The van der Waals surface area contributed by atoms with Gasteiger partial charge in [0.15, 0.2) is 17.0 Å². The highest BCUT2D eigenvalue weighted by atomic mass is 16.5. The summed E-state index contributed by atoms with van der Waals surface area (Å²) >= 11 is 0. The summed E-state index contributed by atoms with van der Waals surface area (Å²) in [4.78, 5) is 39.6. The molecule has 3 saturated heterocycles. The van der Waals surface area contributed by atoms with Crippen LogP contribution in [0.15, 0.2) is 24.3 Å². The molecule has 11 nitrogen and oxygen atoms in total. The Morgan fingerprint density at radius 1 is 1.00 bits per heavy atom. The van der Waals surface area contributed by atoms with Gasteiger partial charge in [0.1, 0.15) is 11.6 Å². The molecule has 3 aliphatic rings. The molecule has 0 bridgehead atoms. The van der Waals surface area contributed by atoms with Gasteiger partial charge in [-0.05, 0) is 44.9 Å². The average Bonchev–Trinajstić information content (AvgIpc) is 3.76. The number of nitrogens with zero attached hydrogens (tertiary/aromatic N) is 9. The summed E-state index contributed by atoms with van der Waals surface area (Å²) < 4.78 is 9.75. The molecule has 11 heteroatoms. The van der Waals surface area contributed by atoms with Crippen molar-refractivity contribution in [1.82, 2.24) is 38.9 Å². The fourth-order valence-electron chi connectivity index (χ4n) is 6.29. The molecule has 3 fully saturated rings. The Morgan fingerprint density at radius 3 is 2.62 bits per heavy atom. The van der Waals surface area contributed by atoms with Gasteiger partial charge in [-0.25, -0.2) is 9.97 Å². The first-order valence-corrected chi connectivity index (χ1v) is 14.1. The summed E-state index contributed by atoms with van der Waals surface area (Å²) in [7, 11) is 2.03. The first kappa shape index (κ1) is 24.5. The SMILES string of the molecule is Cc1nc2ccccc2n1-c1nc(N2CCOCC2)c2nc(CN3CCC(C(=O)N4CCCC4)C3)n(C)c2n1. The molecule has 0 spiro atoms. The number of anilines is 1. The lowest BCUT2D eigenvalue weighted by Gasteiger charge is -2.28. The van der Waals surface area contributed by atoms with Crippen LogP contribution in [0.3, 0.4) is 0 Å². The Morgan fingerprint density at radius 2 is 1.79 bits per heavy atom.